The van der Waals surface area contributed by atoms with Crippen molar-refractivity contribution in [1.29, 1.82) is 0 Å². The number of carbonyl (C=O) groups excluding carboxylic acids is 1. The lowest BCUT2D eigenvalue weighted by Crippen LogP contribution is -2.60. The number of nitrogens with two attached hydrogens (primary N) is 1. The Bertz CT molecular complexity index is 520. The number of piperidine rings is 1. The summed E-state index contributed by atoms with van der Waals surface area (Å²) in [5, 5.41) is 3.41. The minimum Gasteiger partial charge on any atom is -0.495 e. The Morgan fingerprint density at radius 2 is 2.25 bits per heavy atom. The molecular formula is C15H21N3O2. The number of fused-ring (bicyclic) bond motifs is 2. The van der Waals surface area contributed by atoms with Gasteiger partial charge in [0.1, 0.15) is 11.3 Å². The highest BCUT2D eigenvalue weighted by Gasteiger charge is 2.50. The van der Waals surface area contributed by atoms with Crippen LogP contribution in [0.2, 0.25) is 0 Å². The molecule has 108 valence electrons. The fourth-order valence-electron chi connectivity index (χ4n) is 3.52. The molecule has 0 radical (unpaired) electrons. The van der Waals surface area contributed by atoms with Crippen molar-refractivity contribution < 1.29 is 9.53 Å². The van der Waals surface area contributed by atoms with E-state index in [9.17, 15) is 4.79 Å². The molecule has 2 aliphatic rings. The number of ether oxygens (including phenoxy) is 1. The van der Waals surface area contributed by atoms with Crippen molar-refractivity contribution in [1.82, 2.24) is 4.90 Å². The molecular weight excluding hydrogens is 254 g/mol. The van der Waals surface area contributed by atoms with Crippen LogP contribution in [0.15, 0.2) is 24.3 Å². The molecule has 20 heavy (non-hydrogen) atoms. The number of nitrogens with zero attached hydrogens (tertiary/aromatic N) is 1. The molecule has 1 amide bonds. The van der Waals surface area contributed by atoms with E-state index in [0.717, 1.165) is 43.9 Å². The summed E-state index contributed by atoms with van der Waals surface area (Å²) < 4.78 is 5.37. The van der Waals surface area contributed by atoms with Gasteiger partial charge in [0.05, 0.1) is 12.8 Å². The van der Waals surface area contributed by atoms with Gasteiger partial charge >= 0.3 is 0 Å². The number of benzene rings is 1. The van der Waals surface area contributed by atoms with E-state index in [1.165, 1.54) is 0 Å². The highest BCUT2D eigenvalue weighted by molar-refractivity contribution is 5.89. The van der Waals surface area contributed by atoms with Gasteiger partial charge < -0.3 is 20.7 Å². The predicted molar refractivity (Wildman–Crippen MR) is 77.7 cm³/mol. The zero-order valence-corrected chi connectivity index (χ0v) is 11.8. The van der Waals surface area contributed by atoms with Gasteiger partial charge in [-0.2, -0.15) is 0 Å². The average molecular weight is 275 g/mol. The van der Waals surface area contributed by atoms with Gasteiger partial charge in [-0.3, -0.25) is 4.79 Å². The number of amides is 1. The van der Waals surface area contributed by atoms with E-state index < -0.39 is 5.54 Å². The van der Waals surface area contributed by atoms with Crippen LogP contribution < -0.4 is 15.8 Å². The molecule has 2 aliphatic heterocycles. The number of primary amides is 1. The quantitative estimate of drug-likeness (QED) is 0.862. The maximum absolute atomic E-state index is 12.2. The second kappa shape index (κ2) is 4.98. The van der Waals surface area contributed by atoms with E-state index in [0.29, 0.717) is 0 Å². The molecule has 5 heteroatoms. The van der Waals surface area contributed by atoms with Gasteiger partial charge in [-0.15, -0.1) is 0 Å². The zero-order valence-electron chi connectivity index (χ0n) is 11.8. The van der Waals surface area contributed by atoms with Crippen molar-refractivity contribution in [3.63, 3.8) is 0 Å². The molecule has 0 aliphatic carbocycles. The summed E-state index contributed by atoms with van der Waals surface area (Å²) >= 11 is 0. The lowest BCUT2D eigenvalue weighted by atomic mass is 9.78. The van der Waals surface area contributed by atoms with E-state index in [2.05, 4.69) is 10.2 Å². The fraction of sp³-hybridized carbons (Fsp3) is 0.533. The highest BCUT2D eigenvalue weighted by Crippen LogP contribution is 2.39. The SMILES string of the molecule is COc1ccccc1NC1(C(N)=O)CCN2CCC1C2. The molecule has 3 unspecified atom stereocenters. The third-order valence-corrected chi connectivity index (χ3v) is 4.70. The fourth-order valence-corrected chi connectivity index (χ4v) is 3.52. The number of hydrogen-bond donors (Lipinski definition) is 2. The van der Waals surface area contributed by atoms with Crippen LogP contribution in [0, 0.1) is 5.92 Å². The van der Waals surface area contributed by atoms with Gasteiger partial charge in [0, 0.05) is 19.0 Å². The molecule has 1 aromatic carbocycles. The first kappa shape index (κ1) is 13.2. The molecule has 3 rings (SSSR count). The first-order valence-corrected chi connectivity index (χ1v) is 7.09. The van der Waals surface area contributed by atoms with E-state index in [1.54, 1.807) is 7.11 Å². The first-order chi connectivity index (χ1) is 9.65. The molecule has 3 N–H and O–H groups in total. The van der Waals surface area contributed by atoms with Gasteiger partial charge in [-0.1, -0.05) is 12.1 Å². The lowest BCUT2D eigenvalue weighted by Gasteiger charge is -2.42. The molecule has 5 nitrogen and oxygen atoms in total. The van der Waals surface area contributed by atoms with Gasteiger partial charge in [-0.25, -0.2) is 0 Å². The van der Waals surface area contributed by atoms with Crippen LogP contribution in [-0.2, 0) is 4.79 Å². The standard InChI is InChI=1S/C15H21N3O2/c1-20-13-5-3-2-4-12(13)17-15(14(16)19)7-9-18-8-6-11(15)10-18/h2-5,11,17H,6-10H2,1H3,(H2,16,19). The minimum absolute atomic E-state index is 0.255. The van der Waals surface area contributed by atoms with Crippen LogP contribution in [0.5, 0.6) is 5.75 Å². The molecule has 2 bridgehead atoms. The molecule has 2 saturated heterocycles. The number of hydrogen-bond acceptors (Lipinski definition) is 4. The summed E-state index contributed by atoms with van der Waals surface area (Å²) in [4.78, 5) is 14.6. The topological polar surface area (TPSA) is 67.6 Å². The lowest BCUT2D eigenvalue weighted by molar-refractivity contribution is -0.125. The van der Waals surface area contributed by atoms with Gasteiger partial charge in [0.25, 0.3) is 0 Å². The average Bonchev–Trinajstić information content (AvgIpc) is 2.86. The third-order valence-electron chi connectivity index (χ3n) is 4.70. The highest BCUT2D eigenvalue weighted by atomic mass is 16.5. The zero-order chi connectivity index (χ0) is 14.2. The number of para-hydroxylation sites is 2. The first-order valence-electron chi connectivity index (χ1n) is 7.09. The van der Waals surface area contributed by atoms with E-state index in [1.807, 2.05) is 24.3 Å². The Morgan fingerprint density at radius 1 is 1.45 bits per heavy atom. The minimum atomic E-state index is -0.651. The monoisotopic (exact) mass is 275 g/mol. The smallest absolute Gasteiger partial charge is 0.243 e. The predicted octanol–water partition coefficient (Wildman–Crippen LogP) is 1.06. The van der Waals surface area contributed by atoms with Crippen molar-refractivity contribution in [3.05, 3.63) is 24.3 Å². The van der Waals surface area contributed by atoms with Crippen molar-refractivity contribution in [2.45, 2.75) is 18.4 Å². The van der Waals surface area contributed by atoms with Crippen LogP contribution in [0.25, 0.3) is 0 Å². The Kier molecular flexibility index (Phi) is 3.30. The number of methoxy groups -OCH3 is 1. The van der Waals surface area contributed by atoms with Gasteiger partial charge in [0.15, 0.2) is 0 Å². The van der Waals surface area contributed by atoms with Gasteiger partial charge in [-0.05, 0) is 31.5 Å². The number of anilines is 1. The Balaban J connectivity index is 1.93. The molecule has 0 spiro atoms. The molecule has 0 aromatic heterocycles. The van der Waals surface area contributed by atoms with Crippen LogP contribution >= 0.6 is 0 Å². The molecule has 0 saturated carbocycles. The van der Waals surface area contributed by atoms with Crippen LogP contribution in [0.3, 0.4) is 0 Å². The molecule has 2 fully saturated rings. The van der Waals surface area contributed by atoms with Crippen molar-refractivity contribution >= 4 is 11.6 Å². The summed E-state index contributed by atoms with van der Waals surface area (Å²) in [6.07, 6.45) is 1.77. The van der Waals surface area contributed by atoms with Gasteiger partial charge in [0.2, 0.25) is 5.91 Å². The maximum atomic E-state index is 12.2. The number of nitrogens with one attached hydrogen (secondary N) is 1. The summed E-state index contributed by atoms with van der Waals surface area (Å²) in [6, 6.07) is 7.67. The van der Waals surface area contributed by atoms with Crippen molar-refractivity contribution in [3.8, 4) is 5.75 Å². The van der Waals surface area contributed by atoms with Crippen LogP contribution in [-0.4, -0.2) is 43.1 Å². The molecule has 3 atom stereocenters. The van der Waals surface area contributed by atoms with E-state index >= 15 is 0 Å². The maximum Gasteiger partial charge on any atom is 0.243 e. The van der Waals surface area contributed by atoms with E-state index in [-0.39, 0.29) is 11.8 Å². The van der Waals surface area contributed by atoms with E-state index in [4.69, 9.17) is 10.5 Å². The van der Waals surface area contributed by atoms with Crippen LogP contribution in [0.4, 0.5) is 5.69 Å². The summed E-state index contributed by atoms with van der Waals surface area (Å²) in [5.41, 5.74) is 5.96. The Morgan fingerprint density at radius 3 is 3.00 bits per heavy atom. The second-order valence-corrected chi connectivity index (χ2v) is 5.70. The molecule has 1 aromatic rings. The summed E-state index contributed by atoms with van der Waals surface area (Å²) in [7, 11) is 1.63. The number of carbonyl (C=O) groups is 1. The number of rotatable bonds is 4. The van der Waals surface area contributed by atoms with Crippen molar-refractivity contribution in [2.24, 2.45) is 11.7 Å². The van der Waals surface area contributed by atoms with Crippen molar-refractivity contribution in [2.75, 3.05) is 32.1 Å². The Labute approximate surface area is 119 Å². The second-order valence-electron chi connectivity index (χ2n) is 5.70. The summed E-state index contributed by atoms with van der Waals surface area (Å²) in [5.74, 6) is 0.766. The summed E-state index contributed by atoms with van der Waals surface area (Å²) in [6.45, 7) is 2.93. The van der Waals surface area contributed by atoms with Crippen LogP contribution in [0.1, 0.15) is 12.8 Å². The third kappa shape index (κ3) is 2.02. The normalized spacial score (nSPS) is 31.9. The Hall–Kier alpha value is -1.75. The molecule has 2 heterocycles. The largest absolute Gasteiger partial charge is 0.495 e.